The minimum Gasteiger partial charge on any atom is -0.454 e. The third-order valence-electron chi connectivity index (χ3n) is 1.79. The Bertz CT molecular complexity index is 220. The van der Waals surface area contributed by atoms with Crippen molar-refractivity contribution in [2.75, 3.05) is 0 Å². The summed E-state index contributed by atoms with van der Waals surface area (Å²) in [6.07, 6.45) is 3.42. The number of hydrogen-bond acceptors (Lipinski definition) is 2. The highest BCUT2D eigenvalue weighted by molar-refractivity contribution is 14.1. The van der Waals surface area contributed by atoms with E-state index in [0.29, 0.717) is 3.55 Å². The lowest BCUT2D eigenvalue weighted by molar-refractivity contribution is -0.138. The molecular formula is C8H13IO2Si. The summed E-state index contributed by atoms with van der Waals surface area (Å²) in [5.41, 5.74) is 0. The van der Waals surface area contributed by atoms with Gasteiger partial charge in [0.2, 0.25) is 0 Å². The van der Waals surface area contributed by atoms with Crippen LogP contribution in [0.15, 0.2) is 12.2 Å². The van der Waals surface area contributed by atoms with Crippen molar-refractivity contribution >= 4 is 36.6 Å². The van der Waals surface area contributed by atoms with Gasteiger partial charge in [0.05, 0.1) is 8.07 Å². The lowest BCUT2D eigenvalue weighted by Crippen LogP contribution is -2.41. The Morgan fingerprint density at radius 3 is 2.50 bits per heavy atom. The Hall–Kier alpha value is 0.157. The highest BCUT2D eigenvalue weighted by Gasteiger charge is 2.34. The maximum Gasteiger partial charge on any atom is 0.331 e. The molecule has 0 spiro atoms. The number of esters is 1. The van der Waals surface area contributed by atoms with Crippen molar-refractivity contribution in [2.45, 2.75) is 29.3 Å². The Labute approximate surface area is 87.5 Å². The van der Waals surface area contributed by atoms with E-state index in [1.165, 1.54) is 6.08 Å². The van der Waals surface area contributed by atoms with Crippen LogP contribution in [-0.2, 0) is 9.53 Å². The molecule has 0 saturated heterocycles. The molecule has 2 atom stereocenters. The molecule has 4 heteroatoms. The minimum atomic E-state index is -1.20. The van der Waals surface area contributed by atoms with Crippen molar-refractivity contribution in [3.63, 3.8) is 0 Å². The summed E-state index contributed by atoms with van der Waals surface area (Å²) < 4.78 is 5.60. The standard InChI is InChI=1S/C8H13IO2Si/c1-12(2,3)8(9)6-4-5-7(10)11-6/h4-6,8H,1-3H3/t6-,8+/m0/s1. The quantitative estimate of drug-likeness (QED) is 0.338. The van der Waals surface area contributed by atoms with Gasteiger partial charge in [-0.05, 0) is 6.08 Å². The zero-order valence-electron chi connectivity index (χ0n) is 7.50. The Morgan fingerprint density at radius 2 is 2.17 bits per heavy atom. The SMILES string of the molecule is C[Si](C)(C)[C@@H](I)[C@@H]1C=CC(=O)O1. The van der Waals surface area contributed by atoms with Gasteiger partial charge in [-0.25, -0.2) is 4.79 Å². The molecule has 1 heterocycles. The fourth-order valence-corrected chi connectivity index (χ4v) is 2.59. The fourth-order valence-electron chi connectivity index (χ4n) is 1.04. The maximum absolute atomic E-state index is 10.8. The summed E-state index contributed by atoms with van der Waals surface area (Å²) in [4.78, 5) is 10.8. The second kappa shape index (κ2) is 3.49. The minimum absolute atomic E-state index is 0.0183. The molecule has 0 N–H and O–H groups in total. The first kappa shape index (κ1) is 10.2. The second-order valence-electron chi connectivity index (χ2n) is 4.03. The van der Waals surface area contributed by atoms with E-state index in [9.17, 15) is 4.79 Å². The number of halogens is 1. The Morgan fingerprint density at radius 1 is 1.58 bits per heavy atom. The monoisotopic (exact) mass is 296 g/mol. The number of alkyl halides is 1. The zero-order chi connectivity index (χ0) is 9.35. The van der Waals surface area contributed by atoms with Crippen LogP contribution in [0.3, 0.4) is 0 Å². The molecule has 0 aromatic carbocycles. The molecule has 1 aliphatic rings. The zero-order valence-corrected chi connectivity index (χ0v) is 10.7. The van der Waals surface area contributed by atoms with Gasteiger partial charge < -0.3 is 4.74 Å². The summed E-state index contributed by atoms with van der Waals surface area (Å²) in [5, 5.41) is 0. The summed E-state index contributed by atoms with van der Waals surface area (Å²) >= 11 is 2.39. The molecule has 0 saturated carbocycles. The number of carbonyl (C=O) groups is 1. The first-order valence-electron chi connectivity index (χ1n) is 3.94. The van der Waals surface area contributed by atoms with E-state index in [1.54, 1.807) is 0 Å². The number of carbonyl (C=O) groups excluding carboxylic acids is 1. The third kappa shape index (κ3) is 2.32. The fraction of sp³-hybridized carbons (Fsp3) is 0.625. The van der Waals surface area contributed by atoms with E-state index in [4.69, 9.17) is 4.74 Å². The molecule has 0 aromatic rings. The highest BCUT2D eigenvalue weighted by atomic mass is 127. The molecule has 68 valence electrons. The van der Waals surface area contributed by atoms with Gasteiger partial charge in [-0.2, -0.15) is 0 Å². The van der Waals surface area contributed by atoms with Crippen molar-refractivity contribution < 1.29 is 9.53 Å². The molecule has 0 bridgehead atoms. The molecule has 2 nitrogen and oxygen atoms in total. The van der Waals surface area contributed by atoms with Gasteiger partial charge in [-0.1, -0.05) is 42.2 Å². The van der Waals surface area contributed by atoms with Crippen molar-refractivity contribution in [3.05, 3.63) is 12.2 Å². The van der Waals surface area contributed by atoms with Gasteiger partial charge in [0, 0.05) is 9.62 Å². The lowest BCUT2D eigenvalue weighted by atomic mass is 10.4. The van der Waals surface area contributed by atoms with Gasteiger partial charge in [-0.15, -0.1) is 0 Å². The van der Waals surface area contributed by atoms with Gasteiger partial charge in [-0.3, -0.25) is 0 Å². The van der Waals surface area contributed by atoms with E-state index in [-0.39, 0.29) is 12.1 Å². The van der Waals surface area contributed by atoms with Crippen LogP contribution < -0.4 is 0 Å². The number of hydrogen-bond donors (Lipinski definition) is 0. The van der Waals surface area contributed by atoms with Crippen LogP contribution in [0.5, 0.6) is 0 Å². The first-order chi connectivity index (χ1) is 5.41. The average Bonchev–Trinajstić information content (AvgIpc) is 2.32. The molecule has 0 radical (unpaired) electrons. The molecule has 0 aliphatic carbocycles. The normalized spacial score (nSPS) is 25.7. The Balaban J connectivity index is 2.61. The second-order valence-corrected chi connectivity index (χ2v) is 11.9. The van der Waals surface area contributed by atoms with Gasteiger partial charge in [0.1, 0.15) is 6.10 Å². The van der Waals surface area contributed by atoms with Crippen molar-refractivity contribution in [3.8, 4) is 0 Å². The molecule has 0 amide bonds. The van der Waals surface area contributed by atoms with Crippen LogP contribution >= 0.6 is 22.6 Å². The van der Waals surface area contributed by atoms with Gasteiger partial charge in [0.25, 0.3) is 0 Å². The van der Waals surface area contributed by atoms with E-state index < -0.39 is 8.07 Å². The number of ether oxygens (including phenoxy) is 1. The number of rotatable bonds is 2. The van der Waals surface area contributed by atoms with Crippen molar-refractivity contribution in [1.82, 2.24) is 0 Å². The first-order valence-corrected chi connectivity index (χ1v) is 8.76. The molecule has 1 rings (SSSR count). The van der Waals surface area contributed by atoms with E-state index >= 15 is 0 Å². The highest BCUT2D eigenvalue weighted by Crippen LogP contribution is 2.25. The van der Waals surface area contributed by atoms with Crippen molar-refractivity contribution in [1.29, 1.82) is 0 Å². The van der Waals surface area contributed by atoms with Crippen LogP contribution in [0.25, 0.3) is 0 Å². The predicted molar refractivity (Wildman–Crippen MR) is 60.2 cm³/mol. The average molecular weight is 296 g/mol. The molecule has 12 heavy (non-hydrogen) atoms. The van der Waals surface area contributed by atoms with Crippen molar-refractivity contribution in [2.24, 2.45) is 0 Å². The lowest BCUT2D eigenvalue weighted by Gasteiger charge is -2.26. The molecular weight excluding hydrogens is 283 g/mol. The third-order valence-corrected chi connectivity index (χ3v) is 10.1. The van der Waals surface area contributed by atoms with Gasteiger partial charge in [0.15, 0.2) is 0 Å². The van der Waals surface area contributed by atoms with Crippen LogP contribution in [0.1, 0.15) is 0 Å². The van der Waals surface area contributed by atoms with Crippen LogP contribution in [0.2, 0.25) is 19.6 Å². The summed E-state index contributed by atoms with van der Waals surface area (Å²) in [6, 6.07) is 0. The smallest absolute Gasteiger partial charge is 0.331 e. The predicted octanol–water partition coefficient (Wildman–Crippen LogP) is 2.15. The number of cyclic esters (lactones) is 1. The maximum atomic E-state index is 10.8. The summed E-state index contributed by atoms with van der Waals surface area (Å²) in [7, 11) is -1.20. The molecule has 0 aromatic heterocycles. The van der Waals surface area contributed by atoms with E-state index in [0.717, 1.165) is 0 Å². The Kier molecular flexibility index (Phi) is 2.98. The van der Waals surface area contributed by atoms with E-state index in [2.05, 4.69) is 42.2 Å². The molecule has 0 unspecified atom stereocenters. The molecule has 1 aliphatic heterocycles. The topological polar surface area (TPSA) is 26.3 Å². The van der Waals surface area contributed by atoms with Crippen LogP contribution in [0, 0.1) is 0 Å². The van der Waals surface area contributed by atoms with Crippen LogP contribution in [0.4, 0.5) is 0 Å². The van der Waals surface area contributed by atoms with E-state index in [1.807, 2.05) is 6.08 Å². The van der Waals surface area contributed by atoms with Crippen LogP contribution in [-0.4, -0.2) is 23.7 Å². The summed E-state index contributed by atoms with van der Waals surface area (Å²) in [6.45, 7) is 6.85. The molecule has 0 fully saturated rings. The summed E-state index contributed by atoms with van der Waals surface area (Å²) in [5.74, 6) is -0.195. The largest absolute Gasteiger partial charge is 0.454 e. The van der Waals surface area contributed by atoms with Gasteiger partial charge >= 0.3 is 5.97 Å².